The van der Waals surface area contributed by atoms with Crippen LogP contribution in [0.5, 0.6) is 0 Å². The third-order valence-corrected chi connectivity index (χ3v) is 5.47. The van der Waals surface area contributed by atoms with Gasteiger partial charge in [0, 0.05) is 17.8 Å². The predicted molar refractivity (Wildman–Crippen MR) is 97.6 cm³/mol. The van der Waals surface area contributed by atoms with Gasteiger partial charge in [-0.1, -0.05) is 18.2 Å². The zero-order valence-corrected chi connectivity index (χ0v) is 15.2. The molecule has 0 saturated carbocycles. The summed E-state index contributed by atoms with van der Waals surface area (Å²) in [4.78, 5) is -0.309. The van der Waals surface area contributed by atoms with Crippen molar-refractivity contribution in [2.24, 2.45) is 5.14 Å². The molecule has 0 fully saturated rings. The molecular formula is C18H15F3N4O2S. The summed E-state index contributed by atoms with van der Waals surface area (Å²) in [5.41, 5.74) is 1.35. The number of nitrogens with zero attached hydrogens (tertiary/aromatic N) is 2. The Kier molecular flexibility index (Phi) is 4.20. The van der Waals surface area contributed by atoms with Gasteiger partial charge in [0.25, 0.3) is 0 Å². The van der Waals surface area contributed by atoms with E-state index >= 15 is 0 Å². The Morgan fingerprint density at radius 1 is 1.11 bits per heavy atom. The number of anilines is 1. The van der Waals surface area contributed by atoms with Crippen molar-refractivity contribution in [3.63, 3.8) is 0 Å². The van der Waals surface area contributed by atoms with Crippen LogP contribution in [-0.4, -0.2) is 24.7 Å². The van der Waals surface area contributed by atoms with E-state index in [2.05, 4.69) is 10.4 Å². The lowest BCUT2D eigenvalue weighted by Crippen LogP contribution is -2.16. The quantitative estimate of drug-likeness (QED) is 0.697. The Balaban J connectivity index is 1.97. The maximum atomic E-state index is 13.3. The molecule has 0 atom stereocenters. The van der Waals surface area contributed by atoms with Gasteiger partial charge in [0.05, 0.1) is 11.4 Å². The number of hydrogen-bond acceptors (Lipinski definition) is 4. The Morgan fingerprint density at radius 2 is 1.86 bits per heavy atom. The molecular weight excluding hydrogens is 393 g/mol. The molecule has 28 heavy (non-hydrogen) atoms. The summed E-state index contributed by atoms with van der Waals surface area (Å²) in [5, 5.41) is 12.1. The van der Waals surface area contributed by atoms with E-state index in [0.29, 0.717) is 5.56 Å². The van der Waals surface area contributed by atoms with E-state index < -0.39 is 21.9 Å². The van der Waals surface area contributed by atoms with E-state index in [9.17, 15) is 21.6 Å². The molecule has 0 aliphatic carbocycles. The van der Waals surface area contributed by atoms with Crippen LogP contribution in [0.15, 0.2) is 53.4 Å². The topological polar surface area (TPSA) is 90.0 Å². The number of halogens is 3. The van der Waals surface area contributed by atoms with Gasteiger partial charge < -0.3 is 5.32 Å². The highest BCUT2D eigenvalue weighted by molar-refractivity contribution is 7.89. The molecule has 1 aliphatic heterocycles. The van der Waals surface area contributed by atoms with Crippen LogP contribution in [-0.2, 0) is 22.6 Å². The van der Waals surface area contributed by atoms with Crippen molar-refractivity contribution in [1.82, 2.24) is 9.78 Å². The molecule has 0 spiro atoms. The summed E-state index contributed by atoms with van der Waals surface area (Å²) < 4.78 is 64.9. The number of hydrogen-bond donors (Lipinski definition) is 2. The number of nitrogens with two attached hydrogens (primary N) is 1. The standard InChI is InChI=1S/C18H15F3N4O2S/c19-18(20,21)17-10-15(12-5-6-13-11(9-12)7-8-23-13)25(24-17)14-3-1-2-4-16(14)28(22,26)27/h1-6,9-10,23H,7-8H2,(H2,22,26,27). The number of sulfonamides is 1. The SMILES string of the molecule is NS(=O)(=O)c1ccccc1-n1nc(C(F)(F)F)cc1-c1ccc2c(c1)CCN2. The molecule has 3 aromatic rings. The van der Waals surface area contributed by atoms with Gasteiger partial charge in [-0.2, -0.15) is 18.3 Å². The van der Waals surface area contributed by atoms with Gasteiger partial charge in [-0.3, -0.25) is 0 Å². The van der Waals surface area contributed by atoms with Crippen LogP contribution in [0.4, 0.5) is 18.9 Å². The van der Waals surface area contributed by atoms with E-state index in [1.54, 1.807) is 18.2 Å². The summed E-state index contributed by atoms with van der Waals surface area (Å²) in [5.74, 6) is 0. The normalized spacial score (nSPS) is 14.0. The van der Waals surface area contributed by atoms with Gasteiger partial charge >= 0.3 is 6.18 Å². The number of rotatable bonds is 3. The fourth-order valence-corrected chi connectivity index (χ4v) is 3.96. The van der Waals surface area contributed by atoms with Crippen LogP contribution in [0.25, 0.3) is 16.9 Å². The summed E-state index contributed by atoms with van der Waals surface area (Å²) in [7, 11) is -4.17. The number of para-hydroxylation sites is 1. The highest BCUT2D eigenvalue weighted by atomic mass is 32.2. The molecule has 0 saturated heterocycles. The third kappa shape index (κ3) is 3.25. The maximum Gasteiger partial charge on any atom is 0.435 e. The summed E-state index contributed by atoms with van der Waals surface area (Å²) in [6.07, 6.45) is -3.94. The molecule has 6 nitrogen and oxygen atoms in total. The third-order valence-electron chi connectivity index (χ3n) is 4.51. The lowest BCUT2D eigenvalue weighted by molar-refractivity contribution is -0.141. The van der Waals surface area contributed by atoms with E-state index in [1.807, 2.05) is 0 Å². The second-order valence-corrected chi connectivity index (χ2v) is 7.92. The average molecular weight is 408 g/mol. The minimum atomic E-state index is -4.69. The molecule has 2 aromatic carbocycles. The van der Waals surface area contributed by atoms with Crippen LogP contribution in [0.3, 0.4) is 0 Å². The Hall–Kier alpha value is -2.85. The van der Waals surface area contributed by atoms with Crippen molar-refractivity contribution >= 4 is 15.7 Å². The first-order chi connectivity index (χ1) is 13.1. The molecule has 1 aliphatic rings. The van der Waals surface area contributed by atoms with Crippen LogP contribution >= 0.6 is 0 Å². The van der Waals surface area contributed by atoms with Crippen LogP contribution in [0.2, 0.25) is 0 Å². The molecule has 0 radical (unpaired) electrons. The Bertz CT molecular complexity index is 1170. The number of aromatic nitrogens is 2. The monoisotopic (exact) mass is 408 g/mol. The minimum absolute atomic E-state index is 0.0471. The molecule has 10 heteroatoms. The van der Waals surface area contributed by atoms with Crippen molar-refractivity contribution in [3.05, 3.63) is 59.8 Å². The van der Waals surface area contributed by atoms with Crippen LogP contribution in [0, 0.1) is 0 Å². The largest absolute Gasteiger partial charge is 0.435 e. The number of primary sulfonamides is 1. The second kappa shape index (κ2) is 6.35. The van der Waals surface area contributed by atoms with E-state index in [1.165, 1.54) is 24.3 Å². The van der Waals surface area contributed by atoms with Crippen molar-refractivity contribution in [2.75, 3.05) is 11.9 Å². The lowest BCUT2D eigenvalue weighted by atomic mass is 10.1. The fourth-order valence-electron chi connectivity index (χ4n) is 3.25. The number of fused-ring (bicyclic) bond motifs is 1. The Morgan fingerprint density at radius 3 is 2.57 bits per heavy atom. The number of nitrogens with one attached hydrogen (secondary N) is 1. The highest BCUT2D eigenvalue weighted by Gasteiger charge is 2.36. The number of benzene rings is 2. The first-order valence-electron chi connectivity index (χ1n) is 8.31. The van der Waals surface area contributed by atoms with Crippen LogP contribution < -0.4 is 10.5 Å². The highest BCUT2D eigenvalue weighted by Crippen LogP contribution is 2.36. The molecule has 2 heterocycles. The summed E-state index contributed by atoms with van der Waals surface area (Å²) in [6.45, 7) is 0.750. The van der Waals surface area contributed by atoms with Gasteiger partial charge in [0.1, 0.15) is 4.90 Å². The molecule has 1 aromatic heterocycles. The summed E-state index contributed by atoms with van der Waals surface area (Å²) in [6, 6.07) is 11.7. The van der Waals surface area contributed by atoms with Crippen molar-refractivity contribution < 1.29 is 21.6 Å². The van der Waals surface area contributed by atoms with Crippen molar-refractivity contribution in [2.45, 2.75) is 17.5 Å². The van der Waals surface area contributed by atoms with Gasteiger partial charge in [-0.05, 0) is 42.3 Å². The molecule has 0 unspecified atom stereocenters. The van der Waals surface area contributed by atoms with Gasteiger partial charge in [0.2, 0.25) is 10.0 Å². The van der Waals surface area contributed by atoms with E-state index in [-0.39, 0.29) is 16.3 Å². The van der Waals surface area contributed by atoms with Gasteiger partial charge in [-0.25, -0.2) is 18.2 Å². The first kappa shape index (κ1) is 18.5. The van der Waals surface area contributed by atoms with Crippen molar-refractivity contribution in [1.29, 1.82) is 0 Å². The minimum Gasteiger partial charge on any atom is -0.384 e. The molecule has 0 amide bonds. The number of alkyl halides is 3. The average Bonchev–Trinajstić information content (AvgIpc) is 3.27. The van der Waals surface area contributed by atoms with E-state index in [4.69, 9.17) is 5.14 Å². The molecule has 0 bridgehead atoms. The first-order valence-corrected chi connectivity index (χ1v) is 9.86. The fraction of sp³-hybridized carbons (Fsp3) is 0.167. The van der Waals surface area contributed by atoms with E-state index in [0.717, 1.165) is 35.0 Å². The smallest absolute Gasteiger partial charge is 0.384 e. The van der Waals surface area contributed by atoms with Gasteiger partial charge in [0.15, 0.2) is 5.69 Å². The Labute approximate surface area is 158 Å². The second-order valence-electron chi connectivity index (χ2n) is 6.39. The maximum absolute atomic E-state index is 13.3. The van der Waals surface area contributed by atoms with Crippen molar-refractivity contribution in [3.8, 4) is 16.9 Å². The predicted octanol–water partition coefficient (Wildman–Crippen LogP) is 3.17. The zero-order chi connectivity index (χ0) is 20.1. The zero-order valence-electron chi connectivity index (χ0n) is 14.4. The van der Waals surface area contributed by atoms with Gasteiger partial charge in [-0.15, -0.1) is 0 Å². The van der Waals surface area contributed by atoms with Crippen LogP contribution in [0.1, 0.15) is 11.3 Å². The molecule has 4 rings (SSSR count). The molecule has 3 N–H and O–H groups in total. The summed E-state index contributed by atoms with van der Waals surface area (Å²) >= 11 is 0. The lowest BCUT2D eigenvalue weighted by Gasteiger charge is -2.12. The molecule has 146 valence electrons.